The first-order valence-electron chi connectivity index (χ1n) is 9.12. The van der Waals surface area contributed by atoms with Crippen molar-refractivity contribution >= 4 is 16.6 Å². The lowest BCUT2D eigenvalue weighted by Gasteiger charge is -2.23. The van der Waals surface area contributed by atoms with Crippen LogP contribution in [0.4, 0.5) is 5.69 Å². The van der Waals surface area contributed by atoms with E-state index in [9.17, 15) is 0 Å². The zero-order valence-electron chi connectivity index (χ0n) is 14.7. The van der Waals surface area contributed by atoms with Gasteiger partial charge < -0.3 is 10.7 Å². The second-order valence-electron chi connectivity index (χ2n) is 7.39. The van der Waals surface area contributed by atoms with E-state index in [1.54, 1.807) is 0 Å². The van der Waals surface area contributed by atoms with Crippen LogP contribution in [0, 0.1) is 13.8 Å². The molecule has 1 aliphatic carbocycles. The highest BCUT2D eigenvalue weighted by atomic mass is 14.7. The molecular formula is C22H26N2. The van der Waals surface area contributed by atoms with E-state index in [2.05, 4.69) is 55.2 Å². The molecule has 1 saturated carbocycles. The van der Waals surface area contributed by atoms with Gasteiger partial charge in [-0.05, 0) is 61.4 Å². The molecule has 0 atom stereocenters. The lowest BCUT2D eigenvalue weighted by atomic mass is 9.81. The van der Waals surface area contributed by atoms with E-state index >= 15 is 0 Å². The van der Waals surface area contributed by atoms with Gasteiger partial charge in [-0.2, -0.15) is 0 Å². The van der Waals surface area contributed by atoms with Crippen LogP contribution in [0.1, 0.15) is 54.7 Å². The maximum atomic E-state index is 6.38. The number of hydrogen-bond donors (Lipinski definition) is 2. The van der Waals surface area contributed by atoms with E-state index < -0.39 is 0 Å². The minimum Gasteiger partial charge on any atom is -0.398 e. The van der Waals surface area contributed by atoms with Crippen LogP contribution in [-0.4, -0.2) is 4.98 Å². The summed E-state index contributed by atoms with van der Waals surface area (Å²) in [5.41, 5.74) is 14.9. The molecule has 0 saturated heterocycles. The number of fused-ring (bicyclic) bond motifs is 1. The molecule has 124 valence electrons. The Morgan fingerprint density at radius 2 is 1.62 bits per heavy atom. The molecule has 0 bridgehead atoms. The Morgan fingerprint density at radius 1 is 0.917 bits per heavy atom. The molecule has 3 aromatic rings. The molecule has 3 N–H and O–H groups in total. The predicted octanol–water partition coefficient (Wildman–Crippen LogP) is 6.08. The average molecular weight is 318 g/mol. The van der Waals surface area contributed by atoms with Gasteiger partial charge >= 0.3 is 0 Å². The second-order valence-corrected chi connectivity index (χ2v) is 7.39. The Morgan fingerprint density at radius 3 is 2.38 bits per heavy atom. The summed E-state index contributed by atoms with van der Waals surface area (Å²) in [5.74, 6) is 0.644. The molecule has 2 aromatic carbocycles. The van der Waals surface area contributed by atoms with Crippen molar-refractivity contribution in [2.24, 2.45) is 0 Å². The highest BCUT2D eigenvalue weighted by Gasteiger charge is 2.24. The van der Waals surface area contributed by atoms with Crippen molar-refractivity contribution in [2.75, 3.05) is 5.73 Å². The first kappa shape index (κ1) is 15.3. The highest BCUT2D eigenvalue weighted by Crippen LogP contribution is 2.43. The van der Waals surface area contributed by atoms with Gasteiger partial charge in [-0.15, -0.1) is 0 Å². The third-order valence-corrected chi connectivity index (χ3v) is 5.48. The molecular weight excluding hydrogens is 292 g/mol. The van der Waals surface area contributed by atoms with E-state index in [0.29, 0.717) is 5.92 Å². The molecule has 1 aromatic heterocycles. The van der Waals surface area contributed by atoms with Crippen LogP contribution >= 0.6 is 0 Å². The van der Waals surface area contributed by atoms with Crippen molar-refractivity contribution in [3.8, 4) is 11.3 Å². The van der Waals surface area contributed by atoms with E-state index in [-0.39, 0.29) is 0 Å². The standard InChI is InChI=1S/C22H26N2/c1-14-8-10-17(19(23)12-14)22-21(16-6-4-3-5-7-16)18-11-9-15(2)13-20(18)24-22/h8-13,16,24H,3-7,23H2,1-2H3. The minimum atomic E-state index is 0.644. The third kappa shape index (κ3) is 2.60. The molecule has 0 spiro atoms. The number of hydrogen-bond acceptors (Lipinski definition) is 1. The topological polar surface area (TPSA) is 41.8 Å². The minimum absolute atomic E-state index is 0.644. The van der Waals surface area contributed by atoms with Crippen LogP contribution in [0.15, 0.2) is 36.4 Å². The van der Waals surface area contributed by atoms with Gasteiger partial charge in [0.15, 0.2) is 0 Å². The molecule has 1 aliphatic rings. The average Bonchev–Trinajstić information content (AvgIpc) is 2.93. The summed E-state index contributed by atoms with van der Waals surface area (Å²) in [6.07, 6.45) is 6.64. The Kier molecular flexibility index (Phi) is 3.84. The van der Waals surface area contributed by atoms with Crippen molar-refractivity contribution in [3.63, 3.8) is 0 Å². The normalized spacial score (nSPS) is 15.9. The summed E-state index contributed by atoms with van der Waals surface area (Å²) in [7, 11) is 0. The summed E-state index contributed by atoms with van der Waals surface area (Å²) in [4.78, 5) is 3.70. The fourth-order valence-corrected chi connectivity index (χ4v) is 4.27. The molecule has 2 heteroatoms. The Labute approximate surface area is 144 Å². The number of nitrogen functional groups attached to an aromatic ring is 1. The lowest BCUT2D eigenvalue weighted by molar-refractivity contribution is 0.446. The van der Waals surface area contributed by atoms with Gasteiger partial charge in [0.2, 0.25) is 0 Å². The van der Waals surface area contributed by atoms with E-state index in [1.165, 1.54) is 65.4 Å². The largest absolute Gasteiger partial charge is 0.398 e. The molecule has 0 aliphatic heterocycles. The summed E-state index contributed by atoms with van der Waals surface area (Å²) in [6.45, 7) is 4.25. The first-order valence-corrected chi connectivity index (χ1v) is 9.12. The number of H-pyrrole nitrogens is 1. The van der Waals surface area contributed by atoms with Crippen molar-refractivity contribution < 1.29 is 0 Å². The van der Waals surface area contributed by atoms with Crippen LogP contribution in [-0.2, 0) is 0 Å². The summed E-state index contributed by atoms with van der Waals surface area (Å²) >= 11 is 0. The molecule has 2 nitrogen and oxygen atoms in total. The number of aromatic nitrogens is 1. The van der Waals surface area contributed by atoms with Gasteiger partial charge in [0.05, 0.1) is 5.69 Å². The smallest absolute Gasteiger partial charge is 0.0521 e. The van der Waals surface area contributed by atoms with Gasteiger partial charge in [-0.25, -0.2) is 0 Å². The van der Waals surface area contributed by atoms with Gasteiger partial charge in [-0.1, -0.05) is 43.5 Å². The van der Waals surface area contributed by atoms with Gasteiger partial charge in [0.25, 0.3) is 0 Å². The number of aryl methyl sites for hydroxylation is 2. The van der Waals surface area contributed by atoms with Crippen LogP contribution < -0.4 is 5.73 Å². The predicted molar refractivity (Wildman–Crippen MR) is 103 cm³/mol. The molecule has 1 fully saturated rings. The summed E-state index contributed by atoms with van der Waals surface area (Å²) in [6, 6.07) is 13.2. The van der Waals surface area contributed by atoms with Crippen molar-refractivity contribution in [1.82, 2.24) is 4.98 Å². The second kappa shape index (κ2) is 6.01. The fourth-order valence-electron chi connectivity index (χ4n) is 4.27. The summed E-state index contributed by atoms with van der Waals surface area (Å²) in [5, 5.41) is 1.38. The maximum absolute atomic E-state index is 6.38. The van der Waals surface area contributed by atoms with Crippen LogP contribution in [0.2, 0.25) is 0 Å². The first-order chi connectivity index (χ1) is 11.6. The molecule has 1 heterocycles. The van der Waals surface area contributed by atoms with E-state index in [4.69, 9.17) is 5.73 Å². The third-order valence-electron chi connectivity index (χ3n) is 5.48. The highest BCUT2D eigenvalue weighted by molar-refractivity contribution is 5.94. The van der Waals surface area contributed by atoms with Crippen molar-refractivity contribution in [3.05, 3.63) is 53.1 Å². The zero-order valence-corrected chi connectivity index (χ0v) is 14.7. The molecule has 0 amide bonds. The zero-order chi connectivity index (χ0) is 16.7. The van der Waals surface area contributed by atoms with Crippen molar-refractivity contribution in [2.45, 2.75) is 51.9 Å². The summed E-state index contributed by atoms with van der Waals surface area (Å²) < 4.78 is 0. The molecule has 0 radical (unpaired) electrons. The van der Waals surface area contributed by atoms with E-state index in [0.717, 1.165) is 11.3 Å². The van der Waals surface area contributed by atoms with E-state index in [1.807, 2.05) is 0 Å². The quantitative estimate of drug-likeness (QED) is 0.552. The van der Waals surface area contributed by atoms with Gasteiger partial charge in [0.1, 0.15) is 0 Å². The van der Waals surface area contributed by atoms with Crippen molar-refractivity contribution in [1.29, 1.82) is 0 Å². The van der Waals surface area contributed by atoms with Crippen LogP contribution in [0.3, 0.4) is 0 Å². The fraction of sp³-hybridized carbons (Fsp3) is 0.364. The van der Waals surface area contributed by atoms with Gasteiger partial charge in [0, 0.05) is 22.2 Å². The Hall–Kier alpha value is -2.22. The molecule has 0 unspecified atom stereocenters. The maximum Gasteiger partial charge on any atom is 0.0521 e. The molecule has 24 heavy (non-hydrogen) atoms. The number of nitrogens with one attached hydrogen (secondary N) is 1. The number of anilines is 1. The van der Waals surface area contributed by atoms with Gasteiger partial charge in [-0.3, -0.25) is 0 Å². The van der Waals surface area contributed by atoms with Crippen LogP contribution in [0.25, 0.3) is 22.2 Å². The Balaban J connectivity index is 1.95. The number of rotatable bonds is 2. The SMILES string of the molecule is Cc1ccc(-c2[nH]c3cc(C)ccc3c2C2CCCCC2)c(N)c1. The number of aromatic amines is 1. The number of benzene rings is 2. The molecule has 4 rings (SSSR count). The van der Waals surface area contributed by atoms with Crippen LogP contribution in [0.5, 0.6) is 0 Å². The Bertz CT molecular complexity index is 882. The monoisotopic (exact) mass is 318 g/mol. The lowest BCUT2D eigenvalue weighted by Crippen LogP contribution is -2.06. The number of nitrogens with two attached hydrogens (primary N) is 1.